The first-order chi connectivity index (χ1) is 14.4. The number of carboxylic acids is 1. The van der Waals surface area contributed by atoms with E-state index in [4.69, 9.17) is 10.8 Å². The molecule has 0 aliphatic rings. The Morgan fingerprint density at radius 2 is 1.39 bits per heavy atom. The monoisotopic (exact) mass is 436 g/mol. The van der Waals surface area contributed by atoms with Gasteiger partial charge in [0.25, 0.3) is 0 Å². The standard InChI is InChI=1S/C21H32N4O6/c1-11(2)9-16(19(28)23-13(4)21(30)31)25-20(29)17(24-18(27)12(3)22)10-14-5-7-15(26)8-6-14/h5-8,11-13,16-17,26H,9-10,22H2,1-4H3,(H,23,28)(H,24,27)(H,25,29)(H,30,31). The Hall–Kier alpha value is -3.14. The number of carbonyl (C=O) groups is 4. The first kappa shape index (κ1) is 25.9. The van der Waals surface area contributed by atoms with Crippen molar-refractivity contribution in [2.24, 2.45) is 11.7 Å². The Bertz CT molecular complexity index is 779. The van der Waals surface area contributed by atoms with Gasteiger partial charge in [-0.3, -0.25) is 19.2 Å². The lowest BCUT2D eigenvalue weighted by Gasteiger charge is -2.25. The van der Waals surface area contributed by atoms with Crippen molar-refractivity contribution < 1.29 is 29.4 Å². The lowest BCUT2D eigenvalue weighted by Crippen LogP contribution is -2.57. The fourth-order valence-corrected chi connectivity index (χ4v) is 2.73. The van der Waals surface area contributed by atoms with Gasteiger partial charge in [-0.05, 0) is 43.9 Å². The zero-order chi connectivity index (χ0) is 23.7. The number of benzene rings is 1. The second kappa shape index (κ2) is 11.9. The minimum absolute atomic E-state index is 0.0328. The van der Waals surface area contributed by atoms with Crippen molar-refractivity contribution in [3.05, 3.63) is 29.8 Å². The molecule has 0 aliphatic heterocycles. The van der Waals surface area contributed by atoms with E-state index in [1.54, 1.807) is 12.1 Å². The maximum atomic E-state index is 13.0. The number of carboxylic acid groups (broad SMARTS) is 1. The molecule has 10 heteroatoms. The highest BCUT2D eigenvalue weighted by molar-refractivity contribution is 5.94. The SMILES string of the molecule is CC(C)CC(NC(=O)C(Cc1ccc(O)cc1)NC(=O)C(C)N)C(=O)NC(C)C(=O)O. The number of aromatic hydroxyl groups is 1. The highest BCUT2D eigenvalue weighted by atomic mass is 16.4. The van der Waals surface area contributed by atoms with E-state index in [1.165, 1.54) is 26.0 Å². The van der Waals surface area contributed by atoms with Crippen LogP contribution in [0.5, 0.6) is 5.75 Å². The minimum Gasteiger partial charge on any atom is -0.508 e. The largest absolute Gasteiger partial charge is 0.508 e. The summed E-state index contributed by atoms with van der Waals surface area (Å²) in [5, 5.41) is 26.0. The first-order valence-corrected chi connectivity index (χ1v) is 10.1. The average Bonchev–Trinajstić information content (AvgIpc) is 2.67. The number of amides is 3. The summed E-state index contributed by atoms with van der Waals surface area (Å²) in [6, 6.07) is 2.16. The molecule has 10 nitrogen and oxygen atoms in total. The van der Waals surface area contributed by atoms with Gasteiger partial charge in [-0.1, -0.05) is 26.0 Å². The van der Waals surface area contributed by atoms with Crippen LogP contribution in [-0.4, -0.2) is 58.1 Å². The smallest absolute Gasteiger partial charge is 0.325 e. The van der Waals surface area contributed by atoms with Gasteiger partial charge >= 0.3 is 5.97 Å². The summed E-state index contributed by atoms with van der Waals surface area (Å²) >= 11 is 0. The highest BCUT2D eigenvalue weighted by Gasteiger charge is 2.29. The van der Waals surface area contributed by atoms with Crippen LogP contribution in [0.25, 0.3) is 0 Å². The number of hydrogen-bond acceptors (Lipinski definition) is 6. The third-order valence-electron chi connectivity index (χ3n) is 4.49. The van der Waals surface area contributed by atoms with Crippen molar-refractivity contribution in [2.45, 2.75) is 64.7 Å². The third-order valence-corrected chi connectivity index (χ3v) is 4.49. The van der Waals surface area contributed by atoms with E-state index in [0.29, 0.717) is 5.56 Å². The van der Waals surface area contributed by atoms with E-state index in [1.807, 2.05) is 13.8 Å². The summed E-state index contributed by atoms with van der Waals surface area (Å²) in [6.07, 6.45) is 0.378. The summed E-state index contributed by atoms with van der Waals surface area (Å²) in [4.78, 5) is 48.7. The maximum absolute atomic E-state index is 13.0. The lowest BCUT2D eigenvalue weighted by atomic mass is 10.0. The van der Waals surface area contributed by atoms with Crippen LogP contribution >= 0.6 is 0 Å². The van der Waals surface area contributed by atoms with E-state index in [9.17, 15) is 24.3 Å². The summed E-state index contributed by atoms with van der Waals surface area (Å²) in [7, 11) is 0. The lowest BCUT2D eigenvalue weighted by molar-refractivity contribution is -0.141. The molecule has 0 aliphatic carbocycles. The van der Waals surface area contributed by atoms with Gasteiger partial charge in [0, 0.05) is 6.42 Å². The molecule has 0 spiro atoms. The molecule has 0 bridgehead atoms. The van der Waals surface area contributed by atoms with Gasteiger partial charge in [0.2, 0.25) is 17.7 Å². The van der Waals surface area contributed by atoms with Crippen molar-refractivity contribution in [3.63, 3.8) is 0 Å². The van der Waals surface area contributed by atoms with Gasteiger partial charge in [-0.15, -0.1) is 0 Å². The zero-order valence-electron chi connectivity index (χ0n) is 18.2. The Morgan fingerprint density at radius 1 is 0.871 bits per heavy atom. The van der Waals surface area contributed by atoms with Crippen LogP contribution in [0.3, 0.4) is 0 Å². The number of phenolic OH excluding ortho intramolecular Hbond substituents is 1. The van der Waals surface area contributed by atoms with Gasteiger partial charge in [-0.2, -0.15) is 0 Å². The number of aliphatic carboxylic acids is 1. The Labute approximate surface area is 181 Å². The minimum atomic E-state index is -1.20. The topological polar surface area (TPSA) is 171 Å². The molecule has 1 aromatic carbocycles. The molecule has 7 N–H and O–H groups in total. The van der Waals surface area contributed by atoms with Gasteiger partial charge < -0.3 is 31.9 Å². The van der Waals surface area contributed by atoms with E-state index in [0.717, 1.165) is 0 Å². The predicted octanol–water partition coefficient (Wildman–Crippen LogP) is -0.113. The molecule has 0 saturated heterocycles. The number of phenols is 1. The van der Waals surface area contributed by atoms with Gasteiger partial charge in [-0.25, -0.2) is 0 Å². The molecule has 4 atom stereocenters. The van der Waals surface area contributed by atoms with E-state index >= 15 is 0 Å². The van der Waals surface area contributed by atoms with Crippen LogP contribution in [0.4, 0.5) is 0 Å². The number of nitrogens with one attached hydrogen (secondary N) is 3. The Balaban J connectivity index is 3.03. The molecule has 1 rings (SSSR count). The van der Waals surface area contributed by atoms with Crippen LogP contribution in [0.2, 0.25) is 0 Å². The maximum Gasteiger partial charge on any atom is 0.325 e. The summed E-state index contributed by atoms with van der Waals surface area (Å²) < 4.78 is 0. The predicted molar refractivity (Wildman–Crippen MR) is 114 cm³/mol. The summed E-state index contributed by atoms with van der Waals surface area (Å²) in [5.74, 6) is -2.87. The molecule has 0 aromatic heterocycles. The molecular weight excluding hydrogens is 404 g/mol. The number of hydrogen-bond donors (Lipinski definition) is 6. The van der Waals surface area contributed by atoms with Gasteiger partial charge in [0.15, 0.2) is 0 Å². The quantitative estimate of drug-likeness (QED) is 0.281. The average molecular weight is 437 g/mol. The molecule has 31 heavy (non-hydrogen) atoms. The van der Waals surface area contributed by atoms with E-state index in [2.05, 4.69) is 16.0 Å². The van der Waals surface area contributed by atoms with E-state index < -0.39 is 47.9 Å². The molecule has 0 fully saturated rings. The van der Waals surface area contributed by atoms with E-state index in [-0.39, 0.29) is 24.5 Å². The van der Waals surface area contributed by atoms with Gasteiger partial charge in [0.1, 0.15) is 23.9 Å². The van der Waals surface area contributed by atoms with Gasteiger partial charge in [0.05, 0.1) is 6.04 Å². The molecule has 3 amide bonds. The normalized spacial score (nSPS) is 14.8. The second-order valence-corrected chi connectivity index (χ2v) is 7.98. The summed E-state index contributed by atoms with van der Waals surface area (Å²) in [6.45, 7) is 6.52. The molecule has 0 heterocycles. The molecule has 0 saturated carbocycles. The van der Waals surface area contributed by atoms with Crippen LogP contribution < -0.4 is 21.7 Å². The van der Waals surface area contributed by atoms with Crippen LogP contribution in [0, 0.1) is 5.92 Å². The Morgan fingerprint density at radius 3 is 1.87 bits per heavy atom. The van der Waals surface area contributed by atoms with Crippen molar-refractivity contribution in [3.8, 4) is 5.75 Å². The van der Waals surface area contributed by atoms with Crippen molar-refractivity contribution >= 4 is 23.7 Å². The number of rotatable bonds is 11. The zero-order valence-corrected chi connectivity index (χ0v) is 18.2. The van der Waals surface area contributed by atoms with Crippen LogP contribution in [-0.2, 0) is 25.6 Å². The molecule has 1 aromatic rings. The number of carbonyl (C=O) groups excluding carboxylic acids is 3. The third kappa shape index (κ3) is 9.04. The van der Waals surface area contributed by atoms with Crippen molar-refractivity contribution in [1.29, 1.82) is 0 Å². The number of nitrogens with two attached hydrogens (primary N) is 1. The van der Waals surface area contributed by atoms with Crippen LogP contribution in [0.15, 0.2) is 24.3 Å². The summed E-state index contributed by atoms with van der Waals surface area (Å²) in [5.41, 5.74) is 6.27. The van der Waals surface area contributed by atoms with Crippen LogP contribution in [0.1, 0.15) is 39.7 Å². The molecule has 0 radical (unpaired) electrons. The Kier molecular flexibility index (Phi) is 9.94. The molecular formula is C21H32N4O6. The fraction of sp³-hybridized carbons (Fsp3) is 0.524. The first-order valence-electron chi connectivity index (χ1n) is 10.1. The van der Waals surface area contributed by atoms with Crippen molar-refractivity contribution in [2.75, 3.05) is 0 Å². The molecule has 172 valence electrons. The molecule has 4 unspecified atom stereocenters. The second-order valence-electron chi connectivity index (χ2n) is 7.98. The highest BCUT2D eigenvalue weighted by Crippen LogP contribution is 2.12. The van der Waals surface area contributed by atoms with Crippen molar-refractivity contribution in [1.82, 2.24) is 16.0 Å². The fourth-order valence-electron chi connectivity index (χ4n) is 2.73.